The first-order valence-electron chi connectivity index (χ1n) is 5.50. The van der Waals surface area contributed by atoms with E-state index in [1.54, 1.807) is 6.20 Å². The van der Waals surface area contributed by atoms with Gasteiger partial charge in [0.15, 0.2) is 0 Å². The van der Waals surface area contributed by atoms with Crippen LogP contribution in [0.2, 0.25) is 0 Å². The van der Waals surface area contributed by atoms with Crippen molar-refractivity contribution in [2.45, 2.75) is 25.8 Å². The van der Waals surface area contributed by atoms with Crippen molar-refractivity contribution in [3.63, 3.8) is 0 Å². The van der Waals surface area contributed by atoms with Gasteiger partial charge in [-0.15, -0.1) is 0 Å². The van der Waals surface area contributed by atoms with E-state index in [1.165, 1.54) is 19.4 Å². The fourth-order valence-corrected chi connectivity index (χ4v) is 1.99. The van der Waals surface area contributed by atoms with Crippen LogP contribution in [-0.4, -0.2) is 36.1 Å². The fraction of sp³-hybridized carbons (Fsp3) is 0.583. The van der Waals surface area contributed by atoms with Crippen molar-refractivity contribution in [2.24, 2.45) is 0 Å². The Morgan fingerprint density at radius 1 is 1.53 bits per heavy atom. The molecule has 2 rings (SSSR count). The Balaban J connectivity index is 1.87. The van der Waals surface area contributed by atoms with Crippen molar-refractivity contribution in [1.29, 1.82) is 0 Å². The molecule has 0 saturated carbocycles. The molecule has 1 atom stereocenters. The topological polar surface area (TPSA) is 25.4 Å². The SMILES string of the molecule is Cc1cncc(OC[C@@H]2CCCN2C)c1. The first-order chi connectivity index (χ1) is 7.25. The van der Waals surface area contributed by atoms with Crippen molar-refractivity contribution in [1.82, 2.24) is 9.88 Å². The maximum absolute atomic E-state index is 5.74. The zero-order valence-electron chi connectivity index (χ0n) is 9.44. The maximum atomic E-state index is 5.74. The Morgan fingerprint density at radius 2 is 2.40 bits per heavy atom. The predicted molar refractivity (Wildman–Crippen MR) is 60.1 cm³/mol. The van der Waals surface area contributed by atoms with E-state index in [-0.39, 0.29) is 0 Å². The molecule has 3 nitrogen and oxygen atoms in total. The largest absolute Gasteiger partial charge is 0.490 e. The van der Waals surface area contributed by atoms with Crippen LogP contribution in [0.15, 0.2) is 18.5 Å². The smallest absolute Gasteiger partial charge is 0.137 e. The molecular weight excluding hydrogens is 188 g/mol. The monoisotopic (exact) mass is 206 g/mol. The van der Waals surface area contributed by atoms with Gasteiger partial charge in [0.2, 0.25) is 0 Å². The quantitative estimate of drug-likeness (QED) is 0.755. The molecule has 82 valence electrons. The second kappa shape index (κ2) is 4.62. The van der Waals surface area contributed by atoms with Gasteiger partial charge in [-0.25, -0.2) is 0 Å². The summed E-state index contributed by atoms with van der Waals surface area (Å²) in [7, 11) is 2.16. The van der Waals surface area contributed by atoms with Crippen LogP contribution in [0.1, 0.15) is 18.4 Å². The van der Waals surface area contributed by atoms with E-state index in [4.69, 9.17) is 4.74 Å². The Bertz CT molecular complexity index is 327. The number of rotatable bonds is 3. The summed E-state index contributed by atoms with van der Waals surface area (Å²) in [6.07, 6.45) is 6.16. The molecule has 1 aromatic rings. The van der Waals surface area contributed by atoms with Crippen LogP contribution in [0.4, 0.5) is 0 Å². The number of likely N-dealkylation sites (tertiary alicyclic amines) is 1. The molecule has 0 amide bonds. The first-order valence-corrected chi connectivity index (χ1v) is 5.50. The molecule has 2 heterocycles. The third-order valence-corrected chi connectivity index (χ3v) is 2.96. The molecule has 0 spiro atoms. The summed E-state index contributed by atoms with van der Waals surface area (Å²) in [5.74, 6) is 0.885. The molecule has 1 saturated heterocycles. The average Bonchev–Trinajstić information content (AvgIpc) is 2.61. The van der Waals surface area contributed by atoms with Gasteiger partial charge in [-0.2, -0.15) is 0 Å². The molecule has 0 unspecified atom stereocenters. The summed E-state index contributed by atoms with van der Waals surface area (Å²) in [5, 5.41) is 0. The van der Waals surface area contributed by atoms with Crippen LogP contribution in [0.5, 0.6) is 5.75 Å². The van der Waals surface area contributed by atoms with Gasteiger partial charge >= 0.3 is 0 Å². The van der Waals surface area contributed by atoms with Crippen LogP contribution < -0.4 is 4.74 Å². The lowest BCUT2D eigenvalue weighted by Crippen LogP contribution is -2.30. The molecular formula is C12H18N2O. The Morgan fingerprint density at radius 3 is 3.07 bits per heavy atom. The third-order valence-electron chi connectivity index (χ3n) is 2.96. The van der Waals surface area contributed by atoms with E-state index in [1.807, 2.05) is 19.2 Å². The summed E-state index contributed by atoms with van der Waals surface area (Å²) in [5.41, 5.74) is 1.15. The van der Waals surface area contributed by atoms with Crippen molar-refractivity contribution in [3.8, 4) is 5.75 Å². The minimum absolute atomic E-state index is 0.575. The van der Waals surface area contributed by atoms with Gasteiger partial charge in [0, 0.05) is 12.2 Å². The lowest BCUT2D eigenvalue weighted by Gasteiger charge is -2.19. The number of aryl methyl sites for hydroxylation is 1. The van der Waals surface area contributed by atoms with Gasteiger partial charge < -0.3 is 9.64 Å². The van der Waals surface area contributed by atoms with Crippen molar-refractivity contribution < 1.29 is 4.74 Å². The summed E-state index contributed by atoms with van der Waals surface area (Å²) in [6, 6.07) is 2.60. The zero-order valence-corrected chi connectivity index (χ0v) is 9.44. The number of ether oxygens (including phenoxy) is 1. The predicted octanol–water partition coefficient (Wildman–Crippen LogP) is 1.86. The normalized spacial score (nSPS) is 21.9. The molecule has 3 heteroatoms. The highest BCUT2D eigenvalue weighted by molar-refractivity contribution is 5.22. The highest BCUT2D eigenvalue weighted by Crippen LogP contribution is 2.17. The summed E-state index contributed by atoms with van der Waals surface area (Å²) in [4.78, 5) is 6.47. The number of nitrogens with zero attached hydrogens (tertiary/aromatic N) is 2. The van der Waals surface area contributed by atoms with Gasteiger partial charge in [-0.05, 0) is 45.0 Å². The molecule has 1 aliphatic rings. The van der Waals surface area contributed by atoms with Gasteiger partial charge in [-0.1, -0.05) is 0 Å². The van der Waals surface area contributed by atoms with E-state index in [0.717, 1.165) is 17.9 Å². The van der Waals surface area contributed by atoms with Crippen LogP contribution in [0.25, 0.3) is 0 Å². The van der Waals surface area contributed by atoms with E-state index >= 15 is 0 Å². The van der Waals surface area contributed by atoms with Gasteiger partial charge in [0.1, 0.15) is 12.4 Å². The minimum atomic E-state index is 0.575. The fourth-order valence-electron chi connectivity index (χ4n) is 1.99. The second-order valence-electron chi connectivity index (χ2n) is 4.29. The Hall–Kier alpha value is -1.09. The van der Waals surface area contributed by atoms with E-state index in [9.17, 15) is 0 Å². The average molecular weight is 206 g/mol. The van der Waals surface area contributed by atoms with E-state index < -0.39 is 0 Å². The van der Waals surface area contributed by atoms with Crippen molar-refractivity contribution in [3.05, 3.63) is 24.0 Å². The van der Waals surface area contributed by atoms with Crippen LogP contribution in [0.3, 0.4) is 0 Å². The summed E-state index contributed by atoms with van der Waals surface area (Å²) < 4.78 is 5.74. The zero-order chi connectivity index (χ0) is 10.7. The molecule has 0 radical (unpaired) electrons. The van der Waals surface area contributed by atoms with Crippen molar-refractivity contribution >= 4 is 0 Å². The Labute approximate surface area is 91.1 Å². The second-order valence-corrected chi connectivity index (χ2v) is 4.29. The van der Waals surface area contributed by atoms with E-state index in [2.05, 4.69) is 16.9 Å². The maximum Gasteiger partial charge on any atom is 0.137 e. The Kier molecular flexibility index (Phi) is 3.21. The van der Waals surface area contributed by atoms with Crippen LogP contribution >= 0.6 is 0 Å². The lowest BCUT2D eigenvalue weighted by atomic mass is 10.2. The molecule has 15 heavy (non-hydrogen) atoms. The minimum Gasteiger partial charge on any atom is -0.490 e. The van der Waals surface area contributed by atoms with E-state index in [0.29, 0.717) is 6.04 Å². The number of pyridine rings is 1. The summed E-state index contributed by atoms with van der Waals surface area (Å²) in [6.45, 7) is 4.00. The van der Waals surface area contributed by atoms with Gasteiger partial charge in [0.05, 0.1) is 6.20 Å². The number of aromatic nitrogens is 1. The number of hydrogen-bond donors (Lipinski definition) is 0. The highest BCUT2D eigenvalue weighted by Gasteiger charge is 2.21. The third kappa shape index (κ3) is 2.69. The summed E-state index contributed by atoms with van der Waals surface area (Å²) >= 11 is 0. The molecule has 1 aromatic heterocycles. The van der Waals surface area contributed by atoms with Crippen molar-refractivity contribution in [2.75, 3.05) is 20.2 Å². The van der Waals surface area contributed by atoms with Crippen LogP contribution in [0, 0.1) is 6.92 Å². The van der Waals surface area contributed by atoms with Crippen LogP contribution in [-0.2, 0) is 0 Å². The molecule has 0 N–H and O–H groups in total. The first kappa shape index (κ1) is 10.4. The highest BCUT2D eigenvalue weighted by atomic mass is 16.5. The van der Waals surface area contributed by atoms with Gasteiger partial charge in [0.25, 0.3) is 0 Å². The molecule has 1 fully saturated rings. The lowest BCUT2D eigenvalue weighted by molar-refractivity contribution is 0.198. The number of hydrogen-bond acceptors (Lipinski definition) is 3. The molecule has 0 aromatic carbocycles. The molecule has 0 aliphatic carbocycles. The van der Waals surface area contributed by atoms with Gasteiger partial charge in [-0.3, -0.25) is 4.98 Å². The number of likely N-dealkylation sites (N-methyl/N-ethyl adjacent to an activating group) is 1. The molecule has 1 aliphatic heterocycles. The molecule has 0 bridgehead atoms. The standard InChI is InChI=1S/C12H18N2O/c1-10-6-12(8-13-7-10)15-9-11-4-3-5-14(11)2/h6-8,11H,3-5,9H2,1-2H3/t11-/m0/s1.